The van der Waals surface area contributed by atoms with Gasteiger partial charge in [-0.05, 0) is 55.2 Å². The van der Waals surface area contributed by atoms with Crippen LogP contribution in [-0.2, 0) is 16.0 Å². The Bertz CT molecular complexity index is 747. The molecule has 0 saturated heterocycles. The van der Waals surface area contributed by atoms with Gasteiger partial charge in [-0.2, -0.15) is 0 Å². The number of halogens is 2. The third-order valence-corrected chi connectivity index (χ3v) is 5.29. The SMILES string of the molecule is CCOC(=O)CCNC(=O)c1ccc(C(Br)CCc2ccc(Cl)cc2)cc1. The van der Waals surface area contributed by atoms with Crippen LogP contribution in [0.3, 0.4) is 0 Å². The Morgan fingerprint density at radius 1 is 1.11 bits per heavy atom. The third-order valence-electron chi connectivity index (χ3n) is 4.05. The monoisotopic (exact) mass is 451 g/mol. The van der Waals surface area contributed by atoms with Crippen LogP contribution in [0.1, 0.15) is 46.1 Å². The summed E-state index contributed by atoms with van der Waals surface area (Å²) in [4.78, 5) is 23.6. The number of ether oxygens (including phenoxy) is 1. The fourth-order valence-corrected chi connectivity index (χ4v) is 3.23. The smallest absolute Gasteiger partial charge is 0.307 e. The summed E-state index contributed by atoms with van der Waals surface area (Å²) in [6.45, 7) is 2.37. The van der Waals surface area contributed by atoms with E-state index in [9.17, 15) is 9.59 Å². The number of carbonyl (C=O) groups excluding carboxylic acids is 2. The van der Waals surface area contributed by atoms with Crippen LogP contribution in [0.4, 0.5) is 0 Å². The summed E-state index contributed by atoms with van der Waals surface area (Å²) in [5.41, 5.74) is 2.92. The van der Waals surface area contributed by atoms with Crippen LogP contribution < -0.4 is 5.32 Å². The molecule has 1 unspecified atom stereocenters. The van der Waals surface area contributed by atoms with Crippen molar-refractivity contribution >= 4 is 39.4 Å². The highest BCUT2D eigenvalue weighted by Gasteiger charge is 2.11. The van der Waals surface area contributed by atoms with E-state index in [1.807, 2.05) is 36.4 Å². The van der Waals surface area contributed by atoms with Gasteiger partial charge in [-0.15, -0.1) is 0 Å². The number of carbonyl (C=O) groups is 2. The first-order valence-electron chi connectivity index (χ1n) is 8.92. The van der Waals surface area contributed by atoms with Gasteiger partial charge in [0.05, 0.1) is 13.0 Å². The molecule has 0 saturated carbocycles. The van der Waals surface area contributed by atoms with Crippen molar-refractivity contribution in [1.29, 1.82) is 0 Å². The molecule has 144 valence electrons. The molecule has 2 aromatic carbocycles. The van der Waals surface area contributed by atoms with Gasteiger partial charge < -0.3 is 10.1 Å². The first kappa shape index (κ1) is 21.5. The predicted molar refractivity (Wildman–Crippen MR) is 111 cm³/mol. The lowest BCUT2D eigenvalue weighted by atomic mass is 10.0. The number of hydrogen-bond donors (Lipinski definition) is 1. The van der Waals surface area contributed by atoms with Crippen molar-refractivity contribution < 1.29 is 14.3 Å². The minimum atomic E-state index is -0.309. The maximum absolute atomic E-state index is 12.1. The van der Waals surface area contributed by atoms with Gasteiger partial charge in [0, 0.05) is 22.0 Å². The highest BCUT2D eigenvalue weighted by Crippen LogP contribution is 2.28. The Morgan fingerprint density at radius 2 is 1.78 bits per heavy atom. The normalized spacial score (nSPS) is 11.7. The molecule has 0 spiro atoms. The molecule has 0 heterocycles. The molecule has 27 heavy (non-hydrogen) atoms. The number of rotatable bonds is 9. The Balaban J connectivity index is 1.81. The quantitative estimate of drug-likeness (QED) is 0.426. The van der Waals surface area contributed by atoms with Crippen molar-refractivity contribution in [3.63, 3.8) is 0 Å². The largest absolute Gasteiger partial charge is 0.466 e. The van der Waals surface area contributed by atoms with Crippen LogP contribution in [0, 0.1) is 0 Å². The van der Waals surface area contributed by atoms with Crippen molar-refractivity contribution in [2.24, 2.45) is 0 Å². The van der Waals surface area contributed by atoms with E-state index in [0.717, 1.165) is 23.4 Å². The van der Waals surface area contributed by atoms with Gasteiger partial charge >= 0.3 is 5.97 Å². The fourth-order valence-electron chi connectivity index (χ4n) is 2.57. The molecule has 0 aliphatic heterocycles. The molecule has 1 amide bonds. The van der Waals surface area contributed by atoms with Crippen molar-refractivity contribution in [2.75, 3.05) is 13.2 Å². The molecule has 0 aliphatic rings. The Morgan fingerprint density at radius 3 is 2.41 bits per heavy atom. The number of amides is 1. The van der Waals surface area contributed by atoms with Gasteiger partial charge in [0.25, 0.3) is 5.91 Å². The second kappa shape index (κ2) is 11.1. The maximum Gasteiger partial charge on any atom is 0.307 e. The summed E-state index contributed by atoms with van der Waals surface area (Å²) < 4.78 is 4.83. The topological polar surface area (TPSA) is 55.4 Å². The lowest BCUT2D eigenvalue weighted by molar-refractivity contribution is -0.142. The molecule has 2 rings (SSSR count). The molecule has 0 aromatic heterocycles. The summed E-state index contributed by atoms with van der Waals surface area (Å²) in [5, 5.41) is 3.47. The molecule has 0 radical (unpaired) electrons. The second-order valence-electron chi connectivity index (χ2n) is 6.07. The number of esters is 1. The number of nitrogens with one attached hydrogen (secondary N) is 1. The summed E-state index contributed by atoms with van der Waals surface area (Å²) >= 11 is 9.62. The first-order chi connectivity index (χ1) is 13.0. The Labute approximate surface area is 173 Å². The van der Waals surface area contributed by atoms with Crippen LogP contribution in [0.25, 0.3) is 0 Å². The van der Waals surface area contributed by atoms with Gasteiger partial charge in [-0.3, -0.25) is 9.59 Å². The van der Waals surface area contributed by atoms with Crippen LogP contribution in [0.5, 0.6) is 0 Å². The summed E-state index contributed by atoms with van der Waals surface area (Å²) in [7, 11) is 0. The summed E-state index contributed by atoms with van der Waals surface area (Å²) in [6, 6.07) is 15.3. The van der Waals surface area contributed by atoms with Gasteiger partial charge in [0.1, 0.15) is 0 Å². The summed E-state index contributed by atoms with van der Waals surface area (Å²) in [6.07, 6.45) is 2.04. The molecule has 6 heteroatoms. The maximum atomic E-state index is 12.1. The predicted octanol–water partition coefficient (Wildman–Crippen LogP) is 5.09. The Hall–Kier alpha value is -1.85. The minimum Gasteiger partial charge on any atom is -0.466 e. The van der Waals surface area contributed by atoms with Gasteiger partial charge in [-0.1, -0.05) is 51.8 Å². The number of benzene rings is 2. The van der Waals surface area contributed by atoms with Crippen LogP contribution >= 0.6 is 27.5 Å². The average molecular weight is 453 g/mol. The van der Waals surface area contributed by atoms with Crippen LogP contribution in [0.15, 0.2) is 48.5 Å². The zero-order valence-corrected chi connectivity index (χ0v) is 17.6. The number of alkyl halides is 1. The Kier molecular flexibility index (Phi) is 8.82. The first-order valence-corrected chi connectivity index (χ1v) is 10.2. The molecular weight excluding hydrogens is 430 g/mol. The second-order valence-corrected chi connectivity index (χ2v) is 7.61. The van der Waals surface area contributed by atoms with Crippen LogP contribution in [-0.4, -0.2) is 25.0 Å². The molecule has 4 nitrogen and oxygen atoms in total. The number of hydrogen-bond acceptors (Lipinski definition) is 3. The van der Waals surface area contributed by atoms with E-state index in [2.05, 4.69) is 21.2 Å². The lowest BCUT2D eigenvalue weighted by Gasteiger charge is -2.11. The van der Waals surface area contributed by atoms with Gasteiger partial charge in [0.15, 0.2) is 0 Å². The lowest BCUT2D eigenvalue weighted by Crippen LogP contribution is -2.26. The molecule has 0 aliphatic carbocycles. The van der Waals surface area contributed by atoms with E-state index < -0.39 is 0 Å². The van der Waals surface area contributed by atoms with E-state index in [1.54, 1.807) is 19.1 Å². The third kappa shape index (κ3) is 7.35. The zero-order valence-electron chi connectivity index (χ0n) is 15.2. The van der Waals surface area contributed by atoms with Crippen molar-refractivity contribution in [3.05, 3.63) is 70.2 Å². The standard InChI is InChI=1S/C21H23BrClNO3/c1-2-27-20(25)13-14-24-21(26)17-8-6-16(7-9-17)19(22)12-5-15-3-10-18(23)11-4-15/h3-4,6-11,19H,2,5,12-14H2,1H3,(H,24,26). The van der Waals surface area contributed by atoms with E-state index >= 15 is 0 Å². The van der Waals surface area contributed by atoms with E-state index in [-0.39, 0.29) is 29.7 Å². The average Bonchev–Trinajstić information content (AvgIpc) is 2.67. The van der Waals surface area contributed by atoms with Crippen molar-refractivity contribution in [1.82, 2.24) is 5.32 Å². The highest BCUT2D eigenvalue weighted by atomic mass is 79.9. The molecule has 2 aromatic rings. The van der Waals surface area contributed by atoms with Crippen molar-refractivity contribution in [3.8, 4) is 0 Å². The fraction of sp³-hybridized carbons (Fsp3) is 0.333. The van der Waals surface area contributed by atoms with Crippen LogP contribution in [0.2, 0.25) is 5.02 Å². The van der Waals surface area contributed by atoms with E-state index in [4.69, 9.17) is 16.3 Å². The van der Waals surface area contributed by atoms with Crippen molar-refractivity contribution in [2.45, 2.75) is 31.0 Å². The van der Waals surface area contributed by atoms with E-state index in [1.165, 1.54) is 5.56 Å². The minimum absolute atomic E-state index is 0.172. The van der Waals surface area contributed by atoms with E-state index in [0.29, 0.717) is 12.2 Å². The molecule has 0 bridgehead atoms. The number of aryl methyl sites for hydroxylation is 1. The van der Waals surface area contributed by atoms with Gasteiger partial charge in [-0.25, -0.2) is 0 Å². The molecule has 1 N–H and O–H groups in total. The highest BCUT2D eigenvalue weighted by molar-refractivity contribution is 9.09. The molecular formula is C21H23BrClNO3. The zero-order chi connectivity index (χ0) is 19.6. The van der Waals surface area contributed by atoms with Gasteiger partial charge in [0.2, 0.25) is 0 Å². The molecule has 1 atom stereocenters. The summed E-state index contributed by atoms with van der Waals surface area (Å²) in [5.74, 6) is -0.505. The molecule has 0 fully saturated rings.